The minimum absolute atomic E-state index is 0.0751. The zero-order chi connectivity index (χ0) is 28.0. The summed E-state index contributed by atoms with van der Waals surface area (Å²) in [5.41, 5.74) is -0.00341. The van der Waals surface area contributed by atoms with Crippen molar-refractivity contribution < 1.29 is 17.9 Å². The fourth-order valence-electron chi connectivity index (χ4n) is 5.26. The molecule has 2 aromatic carbocycles. The molecule has 39 heavy (non-hydrogen) atoms. The van der Waals surface area contributed by atoms with Gasteiger partial charge < -0.3 is 10.1 Å². The number of nitrogens with one attached hydrogen (secondary N) is 1. The molecule has 1 fully saturated rings. The standard InChI is InChI=1S/C29H31F3N4O3/c1-21-18-35(19-22-8-3-2-4-9-22)27(38)36(26(21)37)17-7-16-34-23-12-14-28(20-33,15-13-23)24-10-5-6-11-25(24)39-29(30,31)32/h2-6,8-11,18,23,34H,7,12-17,19H2,1H3/t23-,28-. The first-order chi connectivity index (χ1) is 18.6. The first-order valence-electron chi connectivity index (χ1n) is 13.0. The molecule has 0 spiro atoms. The Morgan fingerprint density at radius 2 is 1.74 bits per heavy atom. The third-order valence-corrected chi connectivity index (χ3v) is 7.28. The number of hydrogen-bond acceptors (Lipinski definition) is 5. The lowest BCUT2D eigenvalue weighted by Crippen LogP contribution is -2.42. The Morgan fingerprint density at radius 1 is 1.08 bits per heavy atom. The number of para-hydroxylation sites is 1. The third-order valence-electron chi connectivity index (χ3n) is 7.28. The molecule has 0 aliphatic heterocycles. The number of aromatic nitrogens is 2. The van der Waals surface area contributed by atoms with E-state index in [0.717, 1.165) is 5.56 Å². The van der Waals surface area contributed by atoms with Gasteiger partial charge in [-0.3, -0.25) is 13.9 Å². The number of nitriles is 1. The topological polar surface area (TPSA) is 89.1 Å². The van der Waals surface area contributed by atoms with Crippen LogP contribution in [0, 0.1) is 18.3 Å². The fourth-order valence-corrected chi connectivity index (χ4v) is 5.26. The van der Waals surface area contributed by atoms with Crippen molar-refractivity contribution in [1.82, 2.24) is 14.5 Å². The molecule has 1 aromatic heterocycles. The van der Waals surface area contributed by atoms with Crippen LogP contribution in [0.1, 0.15) is 48.8 Å². The molecule has 1 N–H and O–H groups in total. The highest BCUT2D eigenvalue weighted by Crippen LogP contribution is 2.44. The van der Waals surface area contributed by atoms with Crippen LogP contribution >= 0.6 is 0 Å². The zero-order valence-corrected chi connectivity index (χ0v) is 21.7. The molecule has 7 nitrogen and oxygen atoms in total. The molecule has 1 heterocycles. The molecule has 206 valence electrons. The first kappa shape index (κ1) is 28.2. The molecular formula is C29H31F3N4O3. The number of hydrogen-bond donors (Lipinski definition) is 1. The largest absolute Gasteiger partial charge is 0.573 e. The van der Waals surface area contributed by atoms with E-state index in [2.05, 4.69) is 16.1 Å². The maximum Gasteiger partial charge on any atom is 0.573 e. The number of aryl methyl sites for hydroxylation is 1. The summed E-state index contributed by atoms with van der Waals surface area (Å²) in [7, 11) is 0. The number of benzene rings is 2. The van der Waals surface area contributed by atoms with Gasteiger partial charge in [0.05, 0.1) is 18.0 Å². The minimum Gasteiger partial charge on any atom is -0.405 e. The van der Waals surface area contributed by atoms with Crippen molar-refractivity contribution in [2.75, 3.05) is 6.54 Å². The summed E-state index contributed by atoms with van der Waals surface area (Å²) in [5, 5.41) is 13.4. The lowest BCUT2D eigenvalue weighted by atomic mass is 9.69. The van der Waals surface area contributed by atoms with Crippen LogP contribution in [0.15, 0.2) is 70.4 Å². The van der Waals surface area contributed by atoms with Crippen LogP contribution < -0.4 is 21.3 Å². The summed E-state index contributed by atoms with van der Waals surface area (Å²) in [5.74, 6) is -0.334. The summed E-state index contributed by atoms with van der Waals surface area (Å²) in [6.07, 6.45) is -0.721. The molecule has 10 heteroatoms. The van der Waals surface area contributed by atoms with Crippen molar-refractivity contribution in [2.24, 2.45) is 0 Å². The lowest BCUT2D eigenvalue weighted by Gasteiger charge is -2.36. The molecule has 0 atom stereocenters. The van der Waals surface area contributed by atoms with Crippen LogP contribution in [-0.4, -0.2) is 28.1 Å². The van der Waals surface area contributed by atoms with E-state index in [0.29, 0.717) is 50.8 Å². The Morgan fingerprint density at radius 3 is 2.41 bits per heavy atom. The maximum atomic E-state index is 13.0. The summed E-state index contributed by atoms with van der Waals surface area (Å²) in [6.45, 7) is 2.88. The van der Waals surface area contributed by atoms with Gasteiger partial charge in [-0.15, -0.1) is 13.2 Å². The molecule has 0 amide bonds. The number of nitrogens with zero attached hydrogens (tertiary/aromatic N) is 3. The van der Waals surface area contributed by atoms with Gasteiger partial charge in [0.25, 0.3) is 5.56 Å². The second kappa shape index (κ2) is 11.9. The second-order valence-electron chi connectivity index (χ2n) is 9.98. The van der Waals surface area contributed by atoms with E-state index >= 15 is 0 Å². The Hall–Kier alpha value is -3.84. The molecule has 1 aliphatic carbocycles. The second-order valence-corrected chi connectivity index (χ2v) is 9.98. The first-order valence-corrected chi connectivity index (χ1v) is 13.0. The van der Waals surface area contributed by atoms with E-state index in [1.807, 2.05) is 30.3 Å². The van der Waals surface area contributed by atoms with Crippen LogP contribution in [0.25, 0.3) is 0 Å². The van der Waals surface area contributed by atoms with Gasteiger partial charge in [-0.2, -0.15) is 5.26 Å². The monoisotopic (exact) mass is 540 g/mol. The highest BCUT2D eigenvalue weighted by atomic mass is 19.4. The number of rotatable bonds is 9. The predicted octanol–water partition coefficient (Wildman–Crippen LogP) is 4.65. The molecule has 4 rings (SSSR count). The summed E-state index contributed by atoms with van der Waals surface area (Å²) in [6, 6.07) is 17.7. The van der Waals surface area contributed by atoms with Crippen LogP contribution in [0.3, 0.4) is 0 Å². The molecule has 0 unspecified atom stereocenters. The normalized spacial score (nSPS) is 19.4. The maximum absolute atomic E-state index is 13.0. The van der Waals surface area contributed by atoms with E-state index in [9.17, 15) is 28.0 Å². The van der Waals surface area contributed by atoms with E-state index in [1.165, 1.54) is 22.8 Å². The zero-order valence-electron chi connectivity index (χ0n) is 21.7. The molecule has 1 aliphatic rings. The van der Waals surface area contributed by atoms with Crippen LogP contribution in [0.5, 0.6) is 5.75 Å². The van der Waals surface area contributed by atoms with Gasteiger partial charge in [-0.25, -0.2) is 4.79 Å². The smallest absolute Gasteiger partial charge is 0.405 e. The third kappa shape index (κ3) is 6.79. The van der Waals surface area contributed by atoms with Crippen molar-refractivity contribution in [1.29, 1.82) is 5.26 Å². The Labute approximate surface area is 224 Å². The van der Waals surface area contributed by atoms with Gasteiger partial charge in [0, 0.05) is 29.9 Å². The van der Waals surface area contributed by atoms with E-state index < -0.39 is 11.8 Å². The Bertz CT molecular complexity index is 1430. The summed E-state index contributed by atoms with van der Waals surface area (Å²) in [4.78, 5) is 25.7. The average molecular weight is 541 g/mol. The molecule has 0 radical (unpaired) electrons. The predicted molar refractivity (Wildman–Crippen MR) is 141 cm³/mol. The molecule has 0 bridgehead atoms. The SMILES string of the molecule is Cc1cn(Cc2ccccc2)c(=O)n(CCCN[C@H]2CC[C@](C#N)(c3ccccc3OC(F)(F)F)CC2)c1=O. The minimum atomic E-state index is -4.84. The summed E-state index contributed by atoms with van der Waals surface area (Å²) < 4.78 is 45.7. The average Bonchev–Trinajstić information content (AvgIpc) is 2.92. The van der Waals surface area contributed by atoms with Crippen molar-refractivity contribution >= 4 is 0 Å². The van der Waals surface area contributed by atoms with Crippen molar-refractivity contribution in [3.05, 3.63) is 98.3 Å². The molecule has 0 saturated heterocycles. The van der Waals surface area contributed by atoms with Gasteiger partial charge in [-0.1, -0.05) is 48.5 Å². The van der Waals surface area contributed by atoms with Crippen molar-refractivity contribution in [3.63, 3.8) is 0 Å². The summed E-state index contributed by atoms with van der Waals surface area (Å²) >= 11 is 0. The molecule has 1 saturated carbocycles. The quantitative estimate of drug-likeness (QED) is 0.399. The number of ether oxygens (including phenoxy) is 1. The van der Waals surface area contributed by atoms with Crippen LogP contribution in [0.2, 0.25) is 0 Å². The van der Waals surface area contributed by atoms with Crippen molar-refractivity contribution in [2.45, 2.75) is 69.9 Å². The van der Waals surface area contributed by atoms with Gasteiger partial charge in [0.2, 0.25) is 0 Å². The van der Waals surface area contributed by atoms with E-state index in [1.54, 1.807) is 23.8 Å². The van der Waals surface area contributed by atoms with Crippen LogP contribution in [-0.2, 0) is 18.5 Å². The Kier molecular flexibility index (Phi) is 8.60. The van der Waals surface area contributed by atoms with Crippen molar-refractivity contribution in [3.8, 4) is 11.8 Å². The van der Waals surface area contributed by atoms with Gasteiger partial charge in [0.15, 0.2) is 0 Å². The van der Waals surface area contributed by atoms with E-state index in [-0.39, 0.29) is 35.1 Å². The molecular weight excluding hydrogens is 509 g/mol. The number of alkyl halides is 3. The number of halogens is 3. The van der Waals surface area contributed by atoms with Crippen LogP contribution in [0.4, 0.5) is 13.2 Å². The highest BCUT2D eigenvalue weighted by Gasteiger charge is 2.41. The highest BCUT2D eigenvalue weighted by molar-refractivity contribution is 5.44. The molecule has 3 aromatic rings. The van der Waals surface area contributed by atoms with Gasteiger partial charge >= 0.3 is 12.1 Å². The fraction of sp³-hybridized carbons (Fsp3) is 0.414. The Balaban J connectivity index is 1.35. The van der Waals surface area contributed by atoms with Gasteiger partial charge in [-0.05, 0) is 57.2 Å². The van der Waals surface area contributed by atoms with Gasteiger partial charge in [0.1, 0.15) is 5.75 Å². The van der Waals surface area contributed by atoms with E-state index in [4.69, 9.17) is 0 Å². The lowest BCUT2D eigenvalue weighted by molar-refractivity contribution is -0.275.